The molecule has 1 aromatic rings. The first kappa shape index (κ1) is 14.5. The zero-order valence-corrected chi connectivity index (χ0v) is 12.6. The smallest absolute Gasteiger partial charge is 0.164 e. The number of ketones is 2. The molecule has 0 bridgehead atoms. The Kier molecular flexibility index (Phi) is 4.04. The predicted molar refractivity (Wildman–Crippen MR) is 86.2 cm³/mol. The number of amidine groups is 1. The van der Waals surface area contributed by atoms with E-state index in [0.717, 1.165) is 30.3 Å². The molecule has 0 amide bonds. The van der Waals surface area contributed by atoms with Crippen LogP contribution in [0.1, 0.15) is 18.4 Å². The zero-order valence-electron chi connectivity index (χ0n) is 12.6. The second kappa shape index (κ2) is 6.13. The van der Waals surface area contributed by atoms with Crippen molar-refractivity contribution in [1.29, 1.82) is 0 Å². The van der Waals surface area contributed by atoms with Crippen molar-refractivity contribution in [1.82, 2.24) is 5.32 Å². The molecule has 5 heteroatoms. The molecule has 3 rings (SSSR count). The highest BCUT2D eigenvalue weighted by atomic mass is 16.1. The number of rotatable bonds is 4. The minimum atomic E-state index is -0.121. The van der Waals surface area contributed by atoms with E-state index in [1.807, 2.05) is 36.1 Å². The van der Waals surface area contributed by atoms with Crippen molar-refractivity contribution < 1.29 is 9.59 Å². The van der Waals surface area contributed by atoms with E-state index >= 15 is 0 Å². The molecule has 22 heavy (non-hydrogen) atoms. The Bertz CT molecular complexity index is 659. The fourth-order valence-electron chi connectivity index (χ4n) is 2.71. The van der Waals surface area contributed by atoms with Crippen molar-refractivity contribution in [3.8, 4) is 0 Å². The number of aliphatic imine (C=N–C) groups is 1. The number of allylic oxidation sites excluding steroid dienone is 2. The van der Waals surface area contributed by atoms with Gasteiger partial charge in [-0.05, 0) is 19.1 Å². The van der Waals surface area contributed by atoms with Crippen LogP contribution in [0.3, 0.4) is 0 Å². The highest BCUT2D eigenvalue weighted by Crippen LogP contribution is 2.25. The van der Waals surface area contributed by atoms with Gasteiger partial charge in [0.25, 0.3) is 0 Å². The lowest BCUT2D eigenvalue weighted by atomic mass is 10.0. The van der Waals surface area contributed by atoms with Crippen LogP contribution in [-0.2, 0) is 9.59 Å². The van der Waals surface area contributed by atoms with E-state index in [1.54, 1.807) is 6.08 Å². The van der Waals surface area contributed by atoms with Gasteiger partial charge < -0.3 is 10.2 Å². The number of benzene rings is 1. The zero-order chi connectivity index (χ0) is 15.5. The Hall–Kier alpha value is -2.43. The normalized spacial score (nSPS) is 17.9. The number of carbonyl (C=O) groups excluding carboxylic acids is 2. The minimum absolute atomic E-state index is 0.0183. The second-order valence-corrected chi connectivity index (χ2v) is 5.67. The fraction of sp³-hybridized carbons (Fsp3) is 0.353. The molecule has 0 aromatic heterocycles. The summed E-state index contributed by atoms with van der Waals surface area (Å²) >= 11 is 0. The van der Waals surface area contributed by atoms with E-state index in [4.69, 9.17) is 0 Å². The summed E-state index contributed by atoms with van der Waals surface area (Å²) in [4.78, 5) is 29.9. The van der Waals surface area contributed by atoms with Crippen molar-refractivity contribution in [3.05, 3.63) is 41.6 Å². The van der Waals surface area contributed by atoms with Crippen LogP contribution < -0.4 is 10.2 Å². The van der Waals surface area contributed by atoms with E-state index in [-0.39, 0.29) is 18.0 Å². The quantitative estimate of drug-likeness (QED) is 0.858. The summed E-state index contributed by atoms with van der Waals surface area (Å²) in [5.41, 5.74) is 2.89. The van der Waals surface area contributed by atoms with E-state index in [2.05, 4.69) is 10.3 Å². The van der Waals surface area contributed by atoms with Gasteiger partial charge in [-0.3, -0.25) is 14.6 Å². The molecule has 0 radical (unpaired) electrons. The maximum Gasteiger partial charge on any atom is 0.164 e. The van der Waals surface area contributed by atoms with Crippen LogP contribution >= 0.6 is 0 Å². The number of hydrogen-bond donors (Lipinski definition) is 1. The Morgan fingerprint density at radius 2 is 1.95 bits per heavy atom. The summed E-state index contributed by atoms with van der Waals surface area (Å²) in [6.45, 7) is 4.20. The van der Waals surface area contributed by atoms with Crippen molar-refractivity contribution in [2.45, 2.75) is 19.8 Å². The Morgan fingerprint density at radius 3 is 2.59 bits per heavy atom. The van der Waals surface area contributed by atoms with Gasteiger partial charge in [-0.15, -0.1) is 0 Å². The first-order chi connectivity index (χ1) is 10.6. The number of anilines is 1. The van der Waals surface area contributed by atoms with Crippen LogP contribution in [0.5, 0.6) is 0 Å². The highest BCUT2D eigenvalue weighted by Gasteiger charge is 2.24. The summed E-state index contributed by atoms with van der Waals surface area (Å²) in [5.74, 6) is 0.748. The fourth-order valence-corrected chi connectivity index (χ4v) is 2.71. The van der Waals surface area contributed by atoms with Gasteiger partial charge in [0.05, 0.1) is 19.5 Å². The van der Waals surface area contributed by atoms with Gasteiger partial charge >= 0.3 is 0 Å². The van der Waals surface area contributed by atoms with Crippen molar-refractivity contribution in [3.63, 3.8) is 0 Å². The van der Waals surface area contributed by atoms with Gasteiger partial charge in [-0.2, -0.15) is 0 Å². The molecule has 0 atom stereocenters. The first-order valence-electron chi connectivity index (χ1n) is 7.48. The number of hydrogen-bond acceptors (Lipinski definition) is 5. The number of aryl methyl sites for hydroxylation is 1. The number of nitrogens with one attached hydrogen (secondary N) is 1. The number of nitrogens with zero attached hydrogens (tertiary/aromatic N) is 2. The highest BCUT2D eigenvalue weighted by molar-refractivity contribution is 6.09. The molecule has 0 saturated carbocycles. The lowest BCUT2D eigenvalue weighted by molar-refractivity contribution is -0.125. The lowest BCUT2D eigenvalue weighted by Gasteiger charge is -2.29. The second-order valence-electron chi connectivity index (χ2n) is 5.67. The Labute approximate surface area is 129 Å². The van der Waals surface area contributed by atoms with Crippen molar-refractivity contribution >= 4 is 23.1 Å². The van der Waals surface area contributed by atoms with E-state index in [0.29, 0.717) is 13.0 Å². The lowest BCUT2D eigenvalue weighted by Crippen LogP contribution is -2.36. The third-order valence-corrected chi connectivity index (χ3v) is 3.82. The van der Waals surface area contributed by atoms with E-state index in [9.17, 15) is 9.59 Å². The average Bonchev–Trinajstić information content (AvgIpc) is 2.98. The monoisotopic (exact) mass is 297 g/mol. The summed E-state index contributed by atoms with van der Waals surface area (Å²) in [6.07, 6.45) is 1.91. The SMILES string of the molecule is Cc1ccc(N(CC2=NCCN2)C2=CC(=O)CC(=O)C2)cc1. The van der Waals surface area contributed by atoms with Crippen molar-refractivity contribution in [2.24, 2.45) is 4.99 Å². The van der Waals surface area contributed by atoms with Crippen LogP contribution in [0.25, 0.3) is 0 Å². The first-order valence-corrected chi connectivity index (χ1v) is 7.48. The molecule has 0 unspecified atom stereocenters. The van der Waals surface area contributed by atoms with Gasteiger partial charge in [0.2, 0.25) is 0 Å². The van der Waals surface area contributed by atoms with Crippen molar-refractivity contribution in [2.75, 3.05) is 24.5 Å². The molecule has 2 aliphatic rings. The Morgan fingerprint density at radius 1 is 1.18 bits per heavy atom. The number of carbonyl (C=O) groups is 2. The van der Waals surface area contributed by atoms with Crippen LogP contribution in [0.2, 0.25) is 0 Å². The molecule has 1 aromatic carbocycles. The van der Waals surface area contributed by atoms with E-state index in [1.165, 1.54) is 5.56 Å². The third kappa shape index (κ3) is 3.24. The van der Waals surface area contributed by atoms with Crippen LogP contribution in [0.15, 0.2) is 41.0 Å². The third-order valence-electron chi connectivity index (χ3n) is 3.82. The topological polar surface area (TPSA) is 61.8 Å². The van der Waals surface area contributed by atoms with Crippen LogP contribution in [0, 0.1) is 6.92 Å². The summed E-state index contributed by atoms with van der Waals surface area (Å²) in [7, 11) is 0. The standard InChI is InChI=1S/C17H19N3O2/c1-12-2-4-13(5-3-12)20(11-17-18-6-7-19-17)14-8-15(21)10-16(22)9-14/h2-5,8H,6-7,9-11H2,1H3,(H,18,19). The molecular formula is C17H19N3O2. The molecular weight excluding hydrogens is 278 g/mol. The maximum atomic E-state index is 11.8. The molecule has 114 valence electrons. The summed E-state index contributed by atoms with van der Waals surface area (Å²) in [5, 5.41) is 3.24. The largest absolute Gasteiger partial charge is 0.370 e. The molecule has 0 spiro atoms. The molecule has 5 nitrogen and oxygen atoms in total. The molecule has 1 heterocycles. The van der Waals surface area contributed by atoms with Crippen LogP contribution in [-0.4, -0.2) is 37.0 Å². The number of Topliss-reactive ketones (excluding diaryl/α,β-unsaturated/α-hetero) is 1. The molecule has 0 saturated heterocycles. The predicted octanol–water partition coefficient (Wildman–Crippen LogP) is 1.62. The van der Waals surface area contributed by atoms with Crippen LogP contribution in [0.4, 0.5) is 5.69 Å². The molecule has 1 N–H and O–H groups in total. The molecule has 0 fully saturated rings. The minimum Gasteiger partial charge on any atom is -0.370 e. The summed E-state index contributed by atoms with van der Waals surface area (Å²) in [6, 6.07) is 8.07. The summed E-state index contributed by atoms with van der Waals surface area (Å²) < 4.78 is 0. The Balaban J connectivity index is 1.93. The average molecular weight is 297 g/mol. The van der Waals surface area contributed by atoms with Gasteiger partial charge in [0.15, 0.2) is 5.78 Å². The van der Waals surface area contributed by atoms with Gasteiger partial charge in [0, 0.05) is 30.4 Å². The maximum absolute atomic E-state index is 11.8. The van der Waals surface area contributed by atoms with Gasteiger partial charge in [0.1, 0.15) is 11.6 Å². The van der Waals surface area contributed by atoms with Gasteiger partial charge in [-0.1, -0.05) is 17.7 Å². The molecule has 1 aliphatic carbocycles. The van der Waals surface area contributed by atoms with Gasteiger partial charge in [-0.25, -0.2) is 0 Å². The van der Waals surface area contributed by atoms with E-state index < -0.39 is 0 Å². The molecule has 1 aliphatic heterocycles.